The lowest BCUT2D eigenvalue weighted by Gasteiger charge is -2.34. The minimum Gasteiger partial charge on any atom is -0.442 e. The number of piperazine rings is 1. The number of carbonyl (C=O) groups is 3. The third kappa shape index (κ3) is 6.57. The SMILES string of the molecule is CCc1ccccc1N(CC)C(=O)N1Cc2c(NC(=O)c3ccc(N4CCN(C)CC4)cc3)nn(C(=O)OC(C)(C)C)c2C1. The number of hydrogen-bond acceptors (Lipinski definition) is 7. The van der Waals surface area contributed by atoms with Gasteiger partial charge in [-0.05, 0) is 77.1 Å². The van der Waals surface area contributed by atoms with Gasteiger partial charge in [-0.1, -0.05) is 25.1 Å². The van der Waals surface area contributed by atoms with Crippen LogP contribution in [-0.2, 0) is 24.2 Å². The van der Waals surface area contributed by atoms with Gasteiger partial charge in [0.25, 0.3) is 5.91 Å². The lowest BCUT2D eigenvalue weighted by molar-refractivity contribution is 0.0507. The van der Waals surface area contributed by atoms with Crippen LogP contribution in [0.1, 0.15) is 61.8 Å². The number of aromatic nitrogens is 2. The smallest absolute Gasteiger partial charge is 0.435 e. The predicted molar refractivity (Wildman–Crippen MR) is 171 cm³/mol. The Morgan fingerprint density at radius 1 is 0.955 bits per heavy atom. The zero-order valence-corrected chi connectivity index (χ0v) is 26.6. The van der Waals surface area contributed by atoms with E-state index in [4.69, 9.17) is 4.74 Å². The van der Waals surface area contributed by atoms with E-state index >= 15 is 0 Å². The van der Waals surface area contributed by atoms with Crippen molar-refractivity contribution in [3.05, 3.63) is 70.9 Å². The summed E-state index contributed by atoms with van der Waals surface area (Å²) in [6, 6.07) is 15.2. The van der Waals surface area contributed by atoms with Crippen molar-refractivity contribution < 1.29 is 19.1 Å². The van der Waals surface area contributed by atoms with E-state index in [0.29, 0.717) is 23.4 Å². The molecular weight excluding hydrogens is 558 g/mol. The van der Waals surface area contributed by atoms with Crippen molar-refractivity contribution in [3.63, 3.8) is 0 Å². The molecule has 0 atom stereocenters. The van der Waals surface area contributed by atoms with E-state index in [1.807, 2.05) is 43.3 Å². The molecular formula is C33H43N7O4. The van der Waals surface area contributed by atoms with Gasteiger partial charge in [-0.3, -0.25) is 9.69 Å². The predicted octanol–water partition coefficient (Wildman–Crippen LogP) is 5.19. The number of urea groups is 1. The maximum Gasteiger partial charge on any atom is 0.435 e. The number of carbonyl (C=O) groups excluding carboxylic acids is 3. The second-order valence-electron chi connectivity index (χ2n) is 12.3. The van der Waals surface area contributed by atoms with Crippen molar-refractivity contribution in [2.75, 3.05) is 54.9 Å². The number of nitrogens with one attached hydrogen (secondary N) is 1. The zero-order chi connectivity index (χ0) is 31.6. The van der Waals surface area contributed by atoms with Crippen molar-refractivity contribution in [2.24, 2.45) is 0 Å². The van der Waals surface area contributed by atoms with Crippen LogP contribution in [0.5, 0.6) is 0 Å². The summed E-state index contributed by atoms with van der Waals surface area (Å²) >= 11 is 0. The average Bonchev–Trinajstić information content (AvgIpc) is 3.58. The van der Waals surface area contributed by atoms with Crippen LogP contribution in [0.3, 0.4) is 0 Å². The molecule has 44 heavy (non-hydrogen) atoms. The monoisotopic (exact) mass is 601 g/mol. The number of anilines is 3. The fraction of sp³-hybridized carbons (Fsp3) is 0.455. The summed E-state index contributed by atoms with van der Waals surface area (Å²) in [4.78, 5) is 48.5. The van der Waals surface area contributed by atoms with E-state index in [-0.39, 0.29) is 30.8 Å². The van der Waals surface area contributed by atoms with Gasteiger partial charge in [-0.15, -0.1) is 5.10 Å². The Morgan fingerprint density at radius 3 is 2.27 bits per heavy atom. The van der Waals surface area contributed by atoms with Crippen LogP contribution >= 0.6 is 0 Å². The Balaban J connectivity index is 1.39. The molecule has 2 aliphatic heterocycles. The molecule has 3 aromatic rings. The van der Waals surface area contributed by atoms with Gasteiger partial charge in [-0.2, -0.15) is 4.68 Å². The molecule has 0 unspecified atom stereocenters. The normalized spacial score (nSPS) is 15.2. The molecule has 1 saturated heterocycles. The van der Waals surface area contributed by atoms with Crippen LogP contribution in [0.4, 0.5) is 26.8 Å². The van der Waals surface area contributed by atoms with Gasteiger partial charge in [0.1, 0.15) is 5.60 Å². The highest BCUT2D eigenvalue weighted by atomic mass is 16.6. The summed E-state index contributed by atoms with van der Waals surface area (Å²) in [5, 5.41) is 7.37. The second kappa shape index (κ2) is 12.7. The summed E-state index contributed by atoms with van der Waals surface area (Å²) in [6.45, 7) is 14.0. The summed E-state index contributed by atoms with van der Waals surface area (Å²) in [5.41, 5.74) is 3.87. The molecule has 1 aromatic heterocycles. The van der Waals surface area contributed by atoms with Gasteiger partial charge in [0.2, 0.25) is 0 Å². The lowest BCUT2D eigenvalue weighted by Crippen LogP contribution is -2.44. The first-order valence-electron chi connectivity index (χ1n) is 15.3. The lowest BCUT2D eigenvalue weighted by atomic mass is 10.1. The Kier molecular flexibility index (Phi) is 8.96. The molecule has 1 N–H and O–H groups in total. The average molecular weight is 602 g/mol. The van der Waals surface area contributed by atoms with Crippen molar-refractivity contribution in [1.29, 1.82) is 0 Å². The molecule has 2 aromatic carbocycles. The fourth-order valence-electron chi connectivity index (χ4n) is 5.65. The Hall–Kier alpha value is -4.38. The minimum absolute atomic E-state index is 0.154. The summed E-state index contributed by atoms with van der Waals surface area (Å²) in [5.74, 6) is -0.102. The zero-order valence-electron chi connectivity index (χ0n) is 26.6. The molecule has 11 heteroatoms. The number of rotatable bonds is 6. The molecule has 234 valence electrons. The van der Waals surface area contributed by atoms with Crippen molar-refractivity contribution in [3.8, 4) is 0 Å². The quantitative estimate of drug-likeness (QED) is 0.415. The molecule has 0 bridgehead atoms. The Morgan fingerprint density at radius 2 is 1.64 bits per heavy atom. The van der Waals surface area contributed by atoms with Crippen LogP contribution < -0.4 is 15.1 Å². The molecule has 0 aliphatic carbocycles. The molecule has 0 spiro atoms. The number of fused-ring (bicyclic) bond motifs is 1. The minimum atomic E-state index is -0.748. The molecule has 3 amide bonds. The molecule has 11 nitrogen and oxygen atoms in total. The van der Waals surface area contributed by atoms with Crippen LogP contribution in [0.25, 0.3) is 0 Å². The van der Waals surface area contributed by atoms with Crippen molar-refractivity contribution in [1.82, 2.24) is 19.6 Å². The van der Waals surface area contributed by atoms with E-state index < -0.39 is 11.7 Å². The number of benzene rings is 2. The number of nitrogens with zero attached hydrogens (tertiary/aromatic N) is 6. The molecule has 1 fully saturated rings. The van der Waals surface area contributed by atoms with E-state index in [9.17, 15) is 14.4 Å². The van der Waals surface area contributed by atoms with E-state index in [1.165, 1.54) is 4.68 Å². The van der Waals surface area contributed by atoms with Gasteiger partial charge >= 0.3 is 12.1 Å². The number of amides is 3. The summed E-state index contributed by atoms with van der Waals surface area (Å²) < 4.78 is 6.80. The first kappa shape index (κ1) is 31.1. The van der Waals surface area contributed by atoms with Gasteiger partial charge < -0.3 is 24.8 Å². The molecule has 5 rings (SSSR count). The molecule has 2 aliphatic rings. The number of aryl methyl sites for hydroxylation is 1. The maximum absolute atomic E-state index is 13.9. The van der Waals surface area contributed by atoms with E-state index in [0.717, 1.165) is 49.5 Å². The standard InChI is InChI=1S/C33H43N7O4/c1-7-23-11-9-10-12-27(23)39(8-2)31(42)38-21-26-28(22-38)40(32(43)44-33(3,4)5)35-29(26)34-30(41)24-13-15-25(16-14-24)37-19-17-36(6)18-20-37/h9-16H,7-8,17-22H2,1-6H3,(H,34,35,41). The first-order valence-corrected chi connectivity index (χ1v) is 15.3. The number of para-hydroxylation sites is 1. The molecule has 3 heterocycles. The highest BCUT2D eigenvalue weighted by Gasteiger charge is 2.36. The van der Waals surface area contributed by atoms with Crippen molar-refractivity contribution in [2.45, 2.75) is 59.7 Å². The highest BCUT2D eigenvalue weighted by molar-refractivity contribution is 6.04. The maximum atomic E-state index is 13.9. The van der Waals surface area contributed by atoms with Crippen LogP contribution in [0, 0.1) is 0 Å². The Labute approximate surface area is 259 Å². The summed E-state index contributed by atoms with van der Waals surface area (Å²) in [7, 11) is 2.12. The highest BCUT2D eigenvalue weighted by Crippen LogP contribution is 2.33. The first-order chi connectivity index (χ1) is 21.0. The summed E-state index contributed by atoms with van der Waals surface area (Å²) in [6.07, 6.45) is 0.129. The second-order valence-corrected chi connectivity index (χ2v) is 12.3. The number of hydrogen-bond donors (Lipinski definition) is 1. The number of likely N-dealkylation sites (N-methyl/N-ethyl adjacent to an activating group) is 1. The third-order valence-electron chi connectivity index (χ3n) is 8.06. The van der Waals surface area contributed by atoms with Gasteiger partial charge in [-0.25, -0.2) is 9.59 Å². The van der Waals surface area contributed by atoms with Crippen molar-refractivity contribution >= 4 is 35.2 Å². The fourth-order valence-corrected chi connectivity index (χ4v) is 5.65. The van der Waals surface area contributed by atoms with Crippen LogP contribution in [0.15, 0.2) is 48.5 Å². The van der Waals surface area contributed by atoms with Gasteiger partial charge in [0, 0.05) is 55.2 Å². The van der Waals surface area contributed by atoms with Crippen LogP contribution in [0.2, 0.25) is 0 Å². The molecule has 0 radical (unpaired) electrons. The van der Waals surface area contributed by atoms with Gasteiger partial charge in [0.05, 0.1) is 18.8 Å². The topological polar surface area (TPSA) is 103 Å². The number of ether oxygens (including phenoxy) is 1. The van der Waals surface area contributed by atoms with E-state index in [2.05, 4.69) is 34.2 Å². The van der Waals surface area contributed by atoms with Crippen LogP contribution in [-0.4, -0.2) is 83.0 Å². The van der Waals surface area contributed by atoms with E-state index in [1.54, 1.807) is 42.7 Å². The molecule has 0 saturated carbocycles. The Bertz CT molecular complexity index is 1520. The third-order valence-corrected chi connectivity index (χ3v) is 8.06. The largest absolute Gasteiger partial charge is 0.442 e. The van der Waals surface area contributed by atoms with Gasteiger partial charge in [0.15, 0.2) is 5.82 Å².